The average Bonchev–Trinajstić information content (AvgIpc) is 3.57. The number of H-pyrrole nitrogens is 1. The smallest absolute Gasteiger partial charge is 0.181 e. The first-order valence-electron chi connectivity index (χ1n) is 10.8. The van der Waals surface area contributed by atoms with Crippen molar-refractivity contribution in [1.82, 2.24) is 39.7 Å². The molecule has 1 unspecified atom stereocenters. The number of nitrogens with zero attached hydrogens (tertiary/aromatic N) is 7. The topological polar surface area (TPSA) is 110 Å². The van der Waals surface area contributed by atoms with E-state index in [1.165, 1.54) is 11.1 Å². The van der Waals surface area contributed by atoms with Gasteiger partial charge in [-0.25, -0.2) is 19.3 Å². The fourth-order valence-corrected chi connectivity index (χ4v) is 4.51. The highest BCUT2D eigenvalue weighted by Gasteiger charge is 2.27. The first kappa shape index (κ1) is 18.9. The van der Waals surface area contributed by atoms with E-state index in [0.717, 1.165) is 35.9 Å². The summed E-state index contributed by atoms with van der Waals surface area (Å²) in [6.07, 6.45) is 6.65. The number of rotatable bonds is 5. The first-order valence-corrected chi connectivity index (χ1v) is 10.8. The largest absolute Gasteiger partial charge is 0.394 e. The summed E-state index contributed by atoms with van der Waals surface area (Å²) < 4.78 is 3.62. The molecule has 0 bridgehead atoms. The van der Waals surface area contributed by atoms with Crippen LogP contribution >= 0.6 is 0 Å². The summed E-state index contributed by atoms with van der Waals surface area (Å²) in [6, 6.07) is 14.6. The second kappa shape index (κ2) is 7.69. The van der Waals surface area contributed by atoms with Crippen molar-refractivity contribution in [3.05, 3.63) is 66.1 Å². The van der Waals surface area contributed by atoms with Gasteiger partial charge in [-0.3, -0.25) is 0 Å². The number of benzene rings is 2. The molecule has 0 radical (unpaired) electrons. The second-order valence-electron chi connectivity index (χ2n) is 8.04. The van der Waals surface area contributed by atoms with Crippen LogP contribution < -0.4 is 0 Å². The van der Waals surface area contributed by atoms with Gasteiger partial charge >= 0.3 is 0 Å². The lowest BCUT2D eigenvalue weighted by molar-refractivity contribution is 0.268. The standard InChI is InChI=1S/C23H22N8O/c32-11-10-30-13-20(27-29-30)23-26-22(16-8-9-18-19(12-16)25-14-24-18)28-31(23)21-7-3-5-15-4-1-2-6-17(15)21/h1-2,4,6,8-9,12-14,21,32H,3,5,7,10-11H2,(H,24,25). The Morgan fingerprint density at radius 3 is 3.03 bits per heavy atom. The lowest BCUT2D eigenvalue weighted by Gasteiger charge is -2.26. The number of aromatic nitrogens is 8. The Labute approximate surface area is 183 Å². The fourth-order valence-electron chi connectivity index (χ4n) is 4.51. The van der Waals surface area contributed by atoms with E-state index in [4.69, 9.17) is 10.1 Å². The van der Waals surface area contributed by atoms with Crippen molar-refractivity contribution in [2.75, 3.05) is 6.61 Å². The van der Waals surface area contributed by atoms with Crippen LogP contribution in [0.1, 0.15) is 30.0 Å². The second-order valence-corrected chi connectivity index (χ2v) is 8.04. The maximum absolute atomic E-state index is 9.26. The Kier molecular flexibility index (Phi) is 4.53. The van der Waals surface area contributed by atoms with Gasteiger partial charge in [0, 0.05) is 5.56 Å². The quantitative estimate of drug-likeness (QED) is 0.447. The monoisotopic (exact) mass is 426 g/mol. The Balaban J connectivity index is 1.50. The summed E-state index contributed by atoms with van der Waals surface area (Å²) >= 11 is 0. The van der Waals surface area contributed by atoms with Crippen molar-refractivity contribution in [1.29, 1.82) is 0 Å². The van der Waals surface area contributed by atoms with Crippen molar-refractivity contribution in [2.24, 2.45) is 0 Å². The van der Waals surface area contributed by atoms with Crippen molar-refractivity contribution in [3.8, 4) is 22.9 Å². The van der Waals surface area contributed by atoms with Gasteiger partial charge in [0.15, 0.2) is 11.6 Å². The van der Waals surface area contributed by atoms with Crippen LogP contribution in [0.5, 0.6) is 0 Å². The summed E-state index contributed by atoms with van der Waals surface area (Å²) in [4.78, 5) is 12.4. The molecule has 1 atom stereocenters. The average molecular weight is 426 g/mol. The third-order valence-corrected chi connectivity index (χ3v) is 6.04. The molecule has 160 valence electrons. The number of aromatic amines is 1. The Hall–Kier alpha value is -3.85. The van der Waals surface area contributed by atoms with Crippen molar-refractivity contribution >= 4 is 11.0 Å². The highest BCUT2D eigenvalue weighted by atomic mass is 16.3. The Morgan fingerprint density at radius 2 is 2.09 bits per heavy atom. The summed E-state index contributed by atoms with van der Waals surface area (Å²) in [5.41, 5.74) is 6.04. The van der Waals surface area contributed by atoms with Gasteiger partial charge in [-0.1, -0.05) is 29.5 Å². The number of nitrogens with one attached hydrogen (secondary N) is 1. The van der Waals surface area contributed by atoms with Gasteiger partial charge in [-0.05, 0) is 48.6 Å². The number of aliphatic hydroxyl groups is 1. The minimum absolute atomic E-state index is 0.000930. The van der Waals surface area contributed by atoms with Crippen LogP contribution in [0.3, 0.4) is 0 Å². The number of aryl methyl sites for hydroxylation is 1. The molecular weight excluding hydrogens is 404 g/mol. The van der Waals surface area contributed by atoms with Crippen LogP contribution in [0.2, 0.25) is 0 Å². The minimum Gasteiger partial charge on any atom is -0.394 e. The van der Waals surface area contributed by atoms with Gasteiger partial charge in [0.25, 0.3) is 0 Å². The molecule has 5 aromatic rings. The molecule has 0 fully saturated rings. The van der Waals surface area contributed by atoms with Gasteiger partial charge in [0.2, 0.25) is 0 Å². The Morgan fingerprint density at radius 1 is 1.16 bits per heavy atom. The normalized spacial score (nSPS) is 15.8. The van der Waals surface area contributed by atoms with Gasteiger partial charge < -0.3 is 10.1 Å². The van der Waals surface area contributed by atoms with E-state index < -0.39 is 0 Å². The molecule has 9 nitrogen and oxygen atoms in total. The maximum atomic E-state index is 9.26. The van der Waals surface area contributed by atoms with Crippen LogP contribution in [0.15, 0.2) is 55.0 Å². The summed E-state index contributed by atoms with van der Waals surface area (Å²) in [5, 5.41) is 22.7. The predicted molar refractivity (Wildman–Crippen MR) is 119 cm³/mol. The highest BCUT2D eigenvalue weighted by Crippen LogP contribution is 2.35. The molecule has 1 aliphatic carbocycles. The number of imidazole rings is 1. The number of hydrogen-bond acceptors (Lipinski definition) is 6. The predicted octanol–water partition coefficient (Wildman–Crippen LogP) is 3.00. The van der Waals surface area contributed by atoms with Gasteiger partial charge in [0.1, 0.15) is 5.69 Å². The summed E-state index contributed by atoms with van der Waals surface area (Å²) in [6.45, 7) is 0.387. The van der Waals surface area contributed by atoms with Crippen LogP contribution in [0, 0.1) is 0 Å². The summed E-state index contributed by atoms with van der Waals surface area (Å²) in [7, 11) is 0. The summed E-state index contributed by atoms with van der Waals surface area (Å²) in [5.74, 6) is 1.31. The van der Waals surface area contributed by atoms with Crippen LogP contribution in [-0.4, -0.2) is 51.4 Å². The highest BCUT2D eigenvalue weighted by molar-refractivity contribution is 5.80. The lowest BCUT2D eigenvalue weighted by atomic mass is 9.88. The van der Waals surface area contributed by atoms with E-state index in [9.17, 15) is 5.11 Å². The molecule has 6 rings (SSSR count). The molecule has 1 aliphatic rings. The van der Waals surface area contributed by atoms with E-state index >= 15 is 0 Å². The molecule has 0 spiro atoms. The van der Waals surface area contributed by atoms with E-state index in [0.29, 0.717) is 23.9 Å². The lowest BCUT2D eigenvalue weighted by Crippen LogP contribution is -2.19. The van der Waals surface area contributed by atoms with Gasteiger partial charge in [-0.2, -0.15) is 0 Å². The van der Waals surface area contributed by atoms with Crippen LogP contribution in [-0.2, 0) is 13.0 Å². The van der Waals surface area contributed by atoms with Crippen molar-refractivity contribution in [2.45, 2.75) is 31.8 Å². The molecule has 3 heterocycles. The molecule has 2 N–H and O–H groups in total. The zero-order chi connectivity index (χ0) is 21.5. The van der Waals surface area contributed by atoms with E-state index in [1.54, 1.807) is 11.0 Å². The number of fused-ring (bicyclic) bond motifs is 2. The molecule has 32 heavy (non-hydrogen) atoms. The minimum atomic E-state index is 0.000930. The van der Waals surface area contributed by atoms with E-state index in [1.807, 2.05) is 29.1 Å². The fraction of sp³-hybridized carbons (Fsp3) is 0.261. The van der Waals surface area contributed by atoms with Crippen molar-refractivity contribution < 1.29 is 5.11 Å². The maximum Gasteiger partial charge on any atom is 0.181 e. The van der Waals surface area contributed by atoms with E-state index in [2.05, 4.69) is 44.5 Å². The molecule has 9 heteroatoms. The number of aliphatic hydroxyl groups excluding tert-OH is 1. The molecule has 0 amide bonds. The SMILES string of the molecule is OCCn1cc(-c2nc(-c3ccc4nc[nH]c4c3)nn2C2CCCc3ccccc32)nn1. The third-order valence-electron chi connectivity index (χ3n) is 6.04. The number of hydrogen-bond donors (Lipinski definition) is 2. The van der Waals surface area contributed by atoms with Gasteiger partial charge in [0.05, 0.1) is 42.8 Å². The zero-order valence-electron chi connectivity index (χ0n) is 17.4. The van der Waals surface area contributed by atoms with Crippen LogP contribution in [0.4, 0.5) is 0 Å². The molecule has 0 saturated carbocycles. The molecule has 0 aliphatic heterocycles. The van der Waals surface area contributed by atoms with Crippen LogP contribution in [0.25, 0.3) is 33.9 Å². The zero-order valence-corrected chi connectivity index (χ0v) is 17.4. The molecule has 2 aromatic carbocycles. The third kappa shape index (κ3) is 3.18. The van der Waals surface area contributed by atoms with Crippen molar-refractivity contribution in [3.63, 3.8) is 0 Å². The van der Waals surface area contributed by atoms with Gasteiger partial charge in [-0.15, -0.1) is 10.2 Å². The van der Waals surface area contributed by atoms with E-state index in [-0.39, 0.29) is 12.6 Å². The molecule has 0 saturated heterocycles. The first-order chi connectivity index (χ1) is 15.8. The molecular formula is C23H22N8O. The molecule has 3 aromatic heterocycles. The Bertz CT molecular complexity index is 1400.